The van der Waals surface area contributed by atoms with Gasteiger partial charge in [0.15, 0.2) is 0 Å². The van der Waals surface area contributed by atoms with E-state index in [1.54, 1.807) is 49.8 Å². The van der Waals surface area contributed by atoms with E-state index in [0.717, 1.165) is 34.5 Å². The van der Waals surface area contributed by atoms with E-state index in [-0.39, 0.29) is 11.1 Å². The van der Waals surface area contributed by atoms with Crippen molar-refractivity contribution >= 4 is 34.0 Å². The molecule has 0 saturated carbocycles. The summed E-state index contributed by atoms with van der Waals surface area (Å²) in [5, 5.41) is 6.59. The monoisotopic (exact) mass is 543 g/mol. The Bertz CT molecular complexity index is 1830. The SMILES string of the molecule is Cc1cc(Nc2cc3c(cn2)cc(-c2cc(NC(=O)c4cccc(C(F)(F)F)c4)ccc2C)c(=O)n3C)ccn1. The fourth-order valence-corrected chi connectivity index (χ4v) is 4.43. The number of benzene rings is 2. The van der Waals surface area contributed by atoms with Gasteiger partial charge in [0, 0.05) is 59.1 Å². The molecule has 0 bridgehead atoms. The third-order valence-corrected chi connectivity index (χ3v) is 6.51. The predicted molar refractivity (Wildman–Crippen MR) is 149 cm³/mol. The van der Waals surface area contributed by atoms with Gasteiger partial charge >= 0.3 is 6.18 Å². The number of rotatable bonds is 5. The van der Waals surface area contributed by atoms with Crippen LogP contribution in [0.5, 0.6) is 0 Å². The van der Waals surface area contributed by atoms with Crippen molar-refractivity contribution in [3.8, 4) is 11.1 Å². The van der Waals surface area contributed by atoms with Crippen molar-refractivity contribution in [3.63, 3.8) is 0 Å². The number of hydrogen-bond acceptors (Lipinski definition) is 5. The molecule has 0 saturated heterocycles. The number of anilines is 3. The predicted octanol–water partition coefficient (Wildman–Crippen LogP) is 6.63. The maximum Gasteiger partial charge on any atom is 0.416 e. The van der Waals surface area contributed by atoms with E-state index >= 15 is 0 Å². The molecule has 5 aromatic rings. The largest absolute Gasteiger partial charge is 0.416 e. The van der Waals surface area contributed by atoms with Crippen LogP contribution in [0.25, 0.3) is 22.0 Å². The Balaban J connectivity index is 1.47. The van der Waals surface area contributed by atoms with Gasteiger partial charge in [-0.1, -0.05) is 12.1 Å². The molecule has 2 aromatic carbocycles. The Morgan fingerprint density at radius 2 is 1.70 bits per heavy atom. The lowest BCUT2D eigenvalue weighted by molar-refractivity contribution is -0.137. The van der Waals surface area contributed by atoms with E-state index in [4.69, 9.17) is 0 Å². The highest BCUT2D eigenvalue weighted by molar-refractivity contribution is 6.04. The number of nitrogens with zero attached hydrogens (tertiary/aromatic N) is 3. The van der Waals surface area contributed by atoms with Gasteiger partial charge in [0.1, 0.15) is 5.82 Å². The molecule has 1 amide bonds. The summed E-state index contributed by atoms with van der Waals surface area (Å²) in [6.45, 7) is 3.72. The Morgan fingerprint density at radius 1 is 0.900 bits per heavy atom. The molecule has 0 aliphatic carbocycles. The third kappa shape index (κ3) is 5.42. The highest BCUT2D eigenvalue weighted by Crippen LogP contribution is 2.31. The molecule has 0 spiro atoms. The summed E-state index contributed by atoms with van der Waals surface area (Å²) in [7, 11) is 1.67. The van der Waals surface area contributed by atoms with Crippen LogP contribution in [-0.4, -0.2) is 20.4 Å². The van der Waals surface area contributed by atoms with Gasteiger partial charge in [-0.15, -0.1) is 0 Å². The molecule has 0 radical (unpaired) electrons. The lowest BCUT2D eigenvalue weighted by Gasteiger charge is -2.14. The average molecular weight is 544 g/mol. The summed E-state index contributed by atoms with van der Waals surface area (Å²) >= 11 is 0. The number of carbonyl (C=O) groups is 1. The molecule has 5 rings (SSSR count). The number of hydrogen-bond donors (Lipinski definition) is 2. The van der Waals surface area contributed by atoms with Gasteiger partial charge in [0.2, 0.25) is 0 Å². The van der Waals surface area contributed by atoms with Crippen LogP contribution < -0.4 is 16.2 Å². The van der Waals surface area contributed by atoms with Gasteiger partial charge < -0.3 is 15.2 Å². The minimum atomic E-state index is -4.56. The molecule has 0 unspecified atom stereocenters. The quantitative estimate of drug-likeness (QED) is 0.260. The number of aryl methyl sites for hydroxylation is 3. The summed E-state index contributed by atoms with van der Waals surface area (Å²) in [5.41, 5.74) is 3.16. The van der Waals surface area contributed by atoms with Crippen LogP contribution in [0.15, 0.2) is 83.9 Å². The molecule has 0 aliphatic heterocycles. The number of halogens is 3. The molecule has 2 N–H and O–H groups in total. The van der Waals surface area contributed by atoms with Crippen molar-refractivity contribution in [1.82, 2.24) is 14.5 Å². The summed E-state index contributed by atoms with van der Waals surface area (Å²) in [6, 6.07) is 16.4. The van der Waals surface area contributed by atoms with E-state index < -0.39 is 17.6 Å². The zero-order valence-electron chi connectivity index (χ0n) is 21.8. The van der Waals surface area contributed by atoms with Crippen molar-refractivity contribution < 1.29 is 18.0 Å². The maximum atomic E-state index is 13.5. The highest BCUT2D eigenvalue weighted by atomic mass is 19.4. The Labute approximate surface area is 227 Å². The summed E-state index contributed by atoms with van der Waals surface area (Å²) < 4.78 is 40.8. The first kappa shape index (κ1) is 26.6. The van der Waals surface area contributed by atoms with Crippen LogP contribution in [0.2, 0.25) is 0 Å². The van der Waals surface area contributed by atoms with Crippen molar-refractivity contribution in [1.29, 1.82) is 0 Å². The first-order valence-electron chi connectivity index (χ1n) is 12.3. The van der Waals surface area contributed by atoms with Crippen LogP contribution >= 0.6 is 0 Å². The second kappa shape index (κ2) is 10.3. The Morgan fingerprint density at radius 3 is 2.45 bits per heavy atom. The van der Waals surface area contributed by atoms with E-state index in [0.29, 0.717) is 28.1 Å². The Hall–Kier alpha value is -4.99. The number of alkyl halides is 3. The zero-order valence-corrected chi connectivity index (χ0v) is 21.8. The number of amides is 1. The minimum absolute atomic E-state index is 0.129. The standard InChI is InChI=1S/C30H24F3N5O2/c1-17-7-8-22(37-28(39)19-5-4-6-21(12-19)30(31,32)33)14-24(17)25-13-20-16-35-27(15-26(20)38(3)29(25)40)36-23-9-10-34-18(2)11-23/h4-16H,1-3H3,(H,37,39)(H,34,35,36). The van der Waals surface area contributed by atoms with Crippen molar-refractivity contribution in [3.05, 3.63) is 112 Å². The van der Waals surface area contributed by atoms with Gasteiger partial charge in [-0.3, -0.25) is 14.6 Å². The number of nitrogens with one attached hydrogen (secondary N) is 2. The Kier molecular flexibility index (Phi) is 6.85. The average Bonchev–Trinajstić information content (AvgIpc) is 2.92. The third-order valence-electron chi connectivity index (χ3n) is 6.51. The van der Waals surface area contributed by atoms with Gasteiger partial charge in [-0.05, 0) is 73.5 Å². The van der Waals surface area contributed by atoms with E-state index in [1.807, 2.05) is 26.0 Å². The van der Waals surface area contributed by atoms with E-state index in [9.17, 15) is 22.8 Å². The van der Waals surface area contributed by atoms with E-state index in [1.165, 1.54) is 16.7 Å². The lowest BCUT2D eigenvalue weighted by atomic mass is 9.99. The number of fused-ring (bicyclic) bond motifs is 1. The first-order chi connectivity index (χ1) is 19.0. The molecule has 7 nitrogen and oxygen atoms in total. The lowest BCUT2D eigenvalue weighted by Crippen LogP contribution is -2.19. The second-order valence-corrected chi connectivity index (χ2v) is 9.42. The fourth-order valence-electron chi connectivity index (χ4n) is 4.43. The summed E-state index contributed by atoms with van der Waals surface area (Å²) in [6.07, 6.45) is -1.20. The van der Waals surface area contributed by atoms with Gasteiger partial charge in [0.05, 0.1) is 11.1 Å². The van der Waals surface area contributed by atoms with Crippen LogP contribution in [-0.2, 0) is 13.2 Å². The van der Waals surface area contributed by atoms with Crippen LogP contribution in [0.3, 0.4) is 0 Å². The van der Waals surface area contributed by atoms with Gasteiger partial charge in [0.25, 0.3) is 11.5 Å². The van der Waals surface area contributed by atoms with Crippen LogP contribution in [0, 0.1) is 13.8 Å². The van der Waals surface area contributed by atoms with Crippen molar-refractivity contribution in [2.75, 3.05) is 10.6 Å². The molecule has 0 atom stereocenters. The maximum absolute atomic E-state index is 13.5. The number of carbonyl (C=O) groups excluding carboxylic acids is 1. The molecule has 10 heteroatoms. The van der Waals surface area contributed by atoms with Crippen molar-refractivity contribution in [2.24, 2.45) is 7.05 Å². The van der Waals surface area contributed by atoms with E-state index in [2.05, 4.69) is 20.6 Å². The molecule has 0 fully saturated rings. The molecule has 3 aromatic heterocycles. The molecule has 3 heterocycles. The molecule has 202 valence electrons. The summed E-state index contributed by atoms with van der Waals surface area (Å²) in [4.78, 5) is 34.9. The molecule has 0 aliphatic rings. The van der Waals surface area contributed by atoms with Crippen molar-refractivity contribution in [2.45, 2.75) is 20.0 Å². The highest BCUT2D eigenvalue weighted by Gasteiger charge is 2.31. The molecule has 40 heavy (non-hydrogen) atoms. The minimum Gasteiger partial charge on any atom is -0.340 e. The van der Waals surface area contributed by atoms with Crippen LogP contribution in [0.1, 0.15) is 27.2 Å². The summed E-state index contributed by atoms with van der Waals surface area (Å²) in [5.74, 6) is -0.128. The second-order valence-electron chi connectivity index (χ2n) is 9.42. The molecular weight excluding hydrogens is 519 g/mol. The smallest absolute Gasteiger partial charge is 0.340 e. The zero-order chi connectivity index (χ0) is 28.6. The fraction of sp³-hybridized carbons (Fsp3) is 0.133. The molecular formula is C30H24F3N5O2. The van der Waals surface area contributed by atoms with Crippen LogP contribution in [0.4, 0.5) is 30.4 Å². The topological polar surface area (TPSA) is 88.9 Å². The van der Waals surface area contributed by atoms with Gasteiger partial charge in [-0.25, -0.2) is 4.98 Å². The normalized spacial score (nSPS) is 11.4. The number of aromatic nitrogens is 3. The number of pyridine rings is 3. The van der Waals surface area contributed by atoms with Gasteiger partial charge in [-0.2, -0.15) is 13.2 Å². The first-order valence-corrected chi connectivity index (χ1v) is 12.3.